The number of carbonyl (C=O) groups excluding carboxylic acids is 1. The minimum Gasteiger partial charge on any atom is -0.348 e. The van der Waals surface area contributed by atoms with Gasteiger partial charge in [-0.15, -0.1) is 0 Å². The van der Waals surface area contributed by atoms with Crippen molar-refractivity contribution >= 4 is 22.5 Å². The summed E-state index contributed by atoms with van der Waals surface area (Å²) in [5.41, 5.74) is 2.09. The summed E-state index contributed by atoms with van der Waals surface area (Å²) in [7, 11) is 0. The van der Waals surface area contributed by atoms with Gasteiger partial charge in [-0.1, -0.05) is 20.8 Å². The predicted molar refractivity (Wildman–Crippen MR) is 80.3 cm³/mol. The number of anilines is 1. The second kappa shape index (κ2) is 5.08. The summed E-state index contributed by atoms with van der Waals surface area (Å²) in [5, 5.41) is 4.13. The third-order valence-corrected chi connectivity index (χ3v) is 3.09. The molecule has 1 N–H and O–H groups in total. The number of amides is 1. The van der Waals surface area contributed by atoms with Gasteiger partial charge in [0.2, 0.25) is 5.91 Å². The molecule has 1 aromatic heterocycles. The number of carbonyl (C=O) groups is 1. The number of nitrogens with zero attached hydrogens (tertiary/aromatic N) is 1. The molecule has 0 saturated heterocycles. The summed E-state index contributed by atoms with van der Waals surface area (Å²) < 4.78 is 2.19. The van der Waals surface area contributed by atoms with Gasteiger partial charge in [0, 0.05) is 35.8 Å². The number of aromatic nitrogens is 1. The fourth-order valence-electron chi connectivity index (χ4n) is 2.24. The van der Waals surface area contributed by atoms with E-state index in [9.17, 15) is 4.79 Å². The highest BCUT2D eigenvalue weighted by molar-refractivity contribution is 5.94. The van der Waals surface area contributed by atoms with Crippen molar-refractivity contribution in [3.05, 3.63) is 30.5 Å². The van der Waals surface area contributed by atoms with Crippen molar-refractivity contribution in [3.8, 4) is 0 Å². The van der Waals surface area contributed by atoms with Gasteiger partial charge in [0.1, 0.15) is 0 Å². The van der Waals surface area contributed by atoms with Gasteiger partial charge in [0.25, 0.3) is 0 Å². The molecule has 0 aliphatic rings. The molecular formula is C16H22N2O. The number of aryl methyl sites for hydroxylation is 1. The summed E-state index contributed by atoms with van der Waals surface area (Å²) in [5.74, 6) is 0.0711. The Balaban J connectivity index is 2.16. The number of hydrogen-bond donors (Lipinski definition) is 1. The highest BCUT2D eigenvalue weighted by Crippen LogP contribution is 2.23. The summed E-state index contributed by atoms with van der Waals surface area (Å²) in [6, 6.07) is 8.14. The van der Waals surface area contributed by atoms with Gasteiger partial charge in [-0.2, -0.15) is 0 Å². The van der Waals surface area contributed by atoms with Crippen LogP contribution in [0, 0.1) is 5.41 Å². The molecule has 0 saturated carbocycles. The van der Waals surface area contributed by atoms with Crippen LogP contribution in [0.3, 0.4) is 0 Å². The Labute approximate surface area is 114 Å². The fourth-order valence-corrected chi connectivity index (χ4v) is 2.24. The van der Waals surface area contributed by atoms with Gasteiger partial charge in [-0.25, -0.2) is 0 Å². The van der Waals surface area contributed by atoms with Crippen molar-refractivity contribution < 1.29 is 4.79 Å². The molecule has 3 heteroatoms. The van der Waals surface area contributed by atoms with Crippen LogP contribution in [-0.4, -0.2) is 10.5 Å². The van der Waals surface area contributed by atoms with Crippen LogP contribution in [0.1, 0.15) is 34.1 Å². The normalized spacial score (nSPS) is 11.8. The van der Waals surface area contributed by atoms with Crippen LogP contribution >= 0.6 is 0 Å². The molecule has 3 nitrogen and oxygen atoms in total. The van der Waals surface area contributed by atoms with E-state index in [0.29, 0.717) is 6.42 Å². The maximum absolute atomic E-state index is 11.9. The van der Waals surface area contributed by atoms with E-state index in [0.717, 1.165) is 17.6 Å². The predicted octanol–water partition coefficient (Wildman–Crippen LogP) is 4.04. The number of fused-ring (bicyclic) bond motifs is 1. The topological polar surface area (TPSA) is 34.0 Å². The second-order valence-corrected chi connectivity index (χ2v) is 6.16. The van der Waals surface area contributed by atoms with Crippen LogP contribution < -0.4 is 5.32 Å². The van der Waals surface area contributed by atoms with E-state index >= 15 is 0 Å². The quantitative estimate of drug-likeness (QED) is 0.886. The second-order valence-electron chi connectivity index (χ2n) is 6.16. The van der Waals surface area contributed by atoms with Crippen molar-refractivity contribution in [2.45, 2.75) is 40.7 Å². The number of benzene rings is 1. The van der Waals surface area contributed by atoms with Gasteiger partial charge >= 0.3 is 0 Å². The SMILES string of the molecule is CCn1ccc2cc(NC(=O)CC(C)(C)C)ccc21. The van der Waals surface area contributed by atoms with Crippen molar-refractivity contribution in [3.63, 3.8) is 0 Å². The zero-order chi connectivity index (χ0) is 14.0. The minimum absolute atomic E-state index is 0.0136. The molecule has 0 fully saturated rings. The van der Waals surface area contributed by atoms with Crippen LogP contribution in [0.25, 0.3) is 10.9 Å². The Bertz CT molecular complexity index is 590. The largest absolute Gasteiger partial charge is 0.348 e. The van der Waals surface area contributed by atoms with E-state index < -0.39 is 0 Å². The molecule has 0 aliphatic carbocycles. The maximum Gasteiger partial charge on any atom is 0.224 e. The molecule has 1 heterocycles. The molecule has 0 spiro atoms. The first-order chi connectivity index (χ1) is 8.89. The van der Waals surface area contributed by atoms with Crippen molar-refractivity contribution in [2.75, 3.05) is 5.32 Å². The highest BCUT2D eigenvalue weighted by Gasteiger charge is 2.16. The maximum atomic E-state index is 11.9. The third kappa shape index (κ3) is 3.37. The molecule has 102 valence electrons. The van der Waals surface area contributed by atoms with Crippen LogP contribution in [0.15, 0.2) is 30.5 Å². The summed E-state index contributed by atoms with van der Waals surface area (Å²) in [4.78, 5) is 11.9. The Morgan fingerprint density at radius 3 is 2.63 bits per heavy atom. The van der Waals surface area contributed by atoms with E-state index in [2.05, 4.69) is 55.9 Å². The lowest BCUT2D eigenvalue weighted by atomic mass is 9.92. The van der Waals surface area contributed by atoms with Gasteiger partial charge in [-0.05, 0) is 36.6 Å². The first kappa shape index (κ1) is 13.7. The van der Waals surface area contributed by atoms with Gasteiger partial charge in [0.15, 0.2) is 0 Å². The van der Waals surface area contributed by atoms with Gasteiger partial charge in [0.05, 0.1) is 0 Å². The zero-order valence-corrected chi connectivity index (χ0v) is 12.2. The standard InChI is InChI=1S/C16H22N2O/c1-5-18-9-8-12-10-13(6-7-14(12)18)17-15(19)11-16(2,3)4/h6-10H,5,11H2,1-4H3,(H,17,19). The number of nitrogens with one attached hydrogen (secondary N) is 1. The van der Waals surface area contributed by atoms with Crippen molar-refractivity contribution in [1.29, 1.82) is 0 Å². The fraction of sp³-hybridized carbons (Fsp3) is 0.438. The number of hydrogen-bond acceptors (Lipinski definition) is 1. The Kier molecular flexibility index (Phi) is 3.65. The molecule has 1 aromatic carbocycles. The first-order valence-electron chi connectivity index (χ1n) is 6.78. The lowest BCUT2D eigenvalue weighted by molar-refractivity contribution is -0.117. The van der Waals surface area contributed by atoms with Crippen LogP contribution in [0.2, 0.25) is 0 Å². The molecule has 2 aromatic rings. The van der Waals surface area contributed by atoms with E-state index in [1.54, 1.807) is 0 Å². The molecule has 1 amide bonds. The average Bonchev–Trinajstić information content (AvgIpc) is 2.68. The van der Waals surface area contributed by atoms with Crippen LogP contribution in [0.4, 0.5) is 5.69 Å². The Morgan fingerprint density at radius 1 is 1.26 bits per heavy atom. The lowest BCUT2D eigenvalue weighted by Crippen LogP contribution is -2.19. The molecule has 2 rings (SSSR count). The Morgan fingerprint density at radius 2 is 2.00 bits per heavy atom. The molecule has 0 aliphatic heterocycles. The van der Waals surface area contributed by atoms with E-state index in [-0.39, 0.29) is 11.3 Å². The number of rotatable bonds is 3. The first-order valence-corrected chi connectivity index (χ1v) is 6.78. The molecular weight excluding hydrogens is 236 g/mol. The molecule has 0 atom stereocenters. The Hall–Kier alpha value is -1.77. The van der Waals surface area contributed by atoms with Crippen LogP contribution in [-0.2, 0) is 11.3 Å². The summed E-state index contributed by atoms with van der Waals surface area (Å²) in [6.45, 7) is 9.28. The smallest absolute Gasteiger partial charge is 0.224 e. The molecule has 0 unspecified atom stereocenters. The van der Waals surface area contributed by atoms with E-state index in [1.165, 1.54) is 5.52 Å². The zero-order valence-electron chi connectivity index (χ0n) is 12.2. The van der Waals surface area contributed by atoms with Gasteiger partial charge < -0.3 is 9.88 Å². The average molecular weight is 258 g/mol. The third-order valence-electron chi connectivity index (χ3n) is 3.09. The van der Waals surface area contributed by atoms with E-state index in [1.807, 2.05) is 12.1 Å². The molecule has 0 bridgehead atoms. The van der Waals surface area contributed by atoms with Crippen LogP contribution in [0.5, 0.6) is 0 Å². The summed E-state index contributed by atoms with van der Waals surface area (Å²) in [6.07, 6.45) is 2.60. The van der Waals surface area contributed by atoms with Gasteiger partial charge in [-0.3, -0.25) is 4.79 Å². The van der Waals surface area contributed by atoms with Crippen molar-refractivity contribution in [1.82, 2.24) is 4.57 Å². The molecule has 19 heavy (non-hydrogen) atoms. The van der Waals surface area contributed by atoms with Crippen molar-refractivity contribution in [2.24, 2.45) is 5.41 Å². The monoisotopic (exact) mass is 258 g/mol. The molecule has 0 radical (unpaired) electrons. The van der Waals surface area contributed by atoms with E-state index in [4.69, 9.17) is 0 Å². The summed E-state index contributed by atoms with van der Waals surface area (Å²) >= 11 is 0. The lowest BCUT2D eigenvalue weighted by Gasteiger charge is -2.17. The highest BCUT2D eigenvalue weighted by atomic mass is 16.1. The minimum atomic E-state index is 0.0136.